The Bertz CT molecular complexity index is 1330. The van der Waals surface area contributed by atoms with E-state index in [4.69, 9.17) is 14.5 Å². The van der Waals surface area contributed by atoms with Gasteiger partial charge in [-0.25, -0.2) is 14.2 Å². The normalized spacial score (nSPS) is 19.6. The Morgan fingerprint density at radius 3 is 2.31 bits per heavy atom. The maximum Gasteiger partial charge on any atom is 0.469 e. The molecule has 1 saturated heterocycles. The van der Waals surface area contributed by atoms with Gasteiger partial charge in [0.05, 0.1) is 22.8 Å². The molecule has 13 heteroatoms. The summed E-state index contributed by atoms with van der Waals surface area (Å²) in [6.45, 7) is -0.397. The van der Waals surface area contributed by atoms with Crippen LogP contribution in [0.25, 0.3) is 0 Å². The zero-order valence-electron chi connectivity index (χ0n) is 18.7. The van der Waals surface area contributed by atoms with Crippen LogP contribution < -0.4 is 11.0 Å². The summed E-state index contributed by atoms with van der Waals surface area (Å²) in [4.78, 5) is 59.8. The van der Waals surface area contributed by atoms with E-state index in [2.05, 4.69) is 14.8 Å². The van der Waals surface area contributed by atoms with E-state index in [9.17, 15) is 18.9 Å². The molecule has 3 N–H and O–H groups in total. The average Bonchev–Trinajstić information content (AvgIpc) is 3.25. The van der Waals surface area contributed by atoms with Crippen LogP contribution in [-0.2, 0) is 13.8 Å². The van der Waals surface area contributed by atoms with Crippen molar-refractivity contribution in [2.45, 2.75) is 23.1 Å². The first-order valence-electron chi connectivity index (χ1n) is 10.8. The number of phosphoric ester groups is 1. The summed E-state index contributed by atoms with van der Waals surface area (Å²) in [5.74, 6) is -0.952. The molecule has 0 bridgehead atoms. The van der Waals surface area contributed by atoms with Crippen molar-refractivity contribution in [1.29, 1.82) is 0 Å². The lowest BCUT2D eigenvalue weighted by Gasteiger charge is -2.19. The SMILES string of the molecule is O=C(Nc1ccn([C@H]2C[C@H](OC(=O)c3ccccc3)[C@@H](COP(=O)(O)O)S2)c(=O)n1)c1ccccc1. The maximum absolute atomic E-state index is 12.7. The molecular weight excluding hydrogens is 509 g/mol. The number of hydrogen-bond donors (Lipinski definition) is 3. The Hall–Kier alpha value is -3.28. The Labute approximate surface area is 209 Å². The van der Waals surface area contributed by atoms with Gasteiger partial charge in [0.25, 0.3) is 5.91 Å². The van der Waals surface area contributed by atoms with Gasteiger partial charge < -0.3 is 19.8 Å². The van der Waals surface area contributed by atoms with Crippen molar-refractivity contribution >= 4 is 37.3 Å². The number of carbonyl (C=O) groups is 2. The summed E-state index contributed by atoms with van der Waals surface area (Å²) < 4.78 is 22.8. The van der Waals surface area contributed by atoms with Gasteiger partial charge in [0.2, 0.25) is 0 Å². The fraction of sp³-hybridized carbons (Fsp3) is 0.217. The summed E-state index contributed by atoms with van der Waals surface area (Å²) in [7, 11) is -4.76. The van der Waals surface area contributed by atoms with Crippen molar-refractivity contribution in [2.75, 3.05) is 11.9 Å². The Morgan fingerprint density at radius 1 is 1.06 bits per heavy atom. The summed E-state index contributed by atoms with van der Waals surface area (Å²) in [6.07, 6.45) is 0.842. The highest BCUT2D eigenvalue weighted by molar-refractivity contribution is 8.00. The molecule has 11 nitrogen and oxygen atoms in total. The van der Waals surface area contributed by atoms with E-state index in [1.54, 1.807) is 60.7 Å². The molecule has 0 spiro atoms. The van der Waals surface area contributed by atoms with Crippen molar-refractivity contribution in [3.05, 3.63) is 94.5 Å². The molecule has 0 aliphatic carbocycles. The smallest absolute Gasteiger partial charge is 0.457 e. The number of anilines is 1. The molecule has 4 rings (SSSR count). The molecule has 1 aliphatic heterocycles. The highest BCUT2D eigenvalue weighted by atomic mass is 32.2. The number of thioether (sulfide) groups is 1. The van der Waals surface area contributed by atoms with Crippen LogP contribution in [0.1, 0.15) is 32.5 Å². The minimum atomic E-state index is -4.76. The number of ether oxygens (including phenoxy) is 1. The molecule has 36 heavy (non-hydrogen) atoms. The number of hydrogen-bond acceptors (Lipinski definition) is 8. The zero-order chi connectivity index (χ0) is 25.7. The molecule has 0 radical (unpaired) electrons. The predicted octanol–water partition coefficient (Wildman–Crippen LogP) is 2.83. The predicted molar refractivity (Wildman–Crippen MR) is 132 cm³/mol. The molecule has 2 aromatic carbocycles. The zero-order valence-corrected chi connectivity index (χ0v) is 20.4. The van der Waals surface area contributed by atoms with E-state index in [-0.39, 0.29) is 12.2 Å². The lowest BCUT2D eigenvalue weighted by atomic mass is 10.1. The monoisotopic (exact) mass is 531 g/mol. The number of amides is 1. The Morgan fingerprint density at radius 2 is 1.69 bits per heavy atom. The third-order valence-corrected chi connectivity index (χ3v) is 7.28. The van der Waals surface area contributed by atoms with Crippen molar-refractivity contribution in [1.82, 2.24) is 9.55 Å². The lowest BCUT2D eigenvalue weighted by Crippen LogP contribution is -2.29. The number of nitrogens with one attached hydrogen (secondary N) is 1. The number of rotatable bonds is 8. The van der Waals surface area contributed by atoms with Crippen molar-refractivity contribution in [2.24, 2.45) is 0 Å². The quantitative estimate of drug-likeness (QED) is 0.292. The van der Waals surface area contributed by atoms with Crippen molar-refractivity contribution in [3.63, 3.8) is 0 Å². The number of esters is 1. The minimum absolute atomic E-state index is 0.0709. The number of nitrogens with zero attached hydrogens (tertiary/aromatic N) is 2. The van der Waals surface area contributed by atoms with Crippen LogP contribution in [0.3, 0.4) is 0 Å². The molecular formula is C23H22N3O8PS. The number of carbonyl (C=O) groups excluding carboxylic acids is 2. The second-order valence-electron chi connectivity index (χ2n) is 7.78. The second-order valence-corrected chi connectivity index (χ2v) is 10.4. The molecule has 188 valence electrons. The topological polar surface area (TPSA) is 157 Å². The fourth-order valence-electron chi connectivity index (χ4n) is 3.58. The molecule has 1 aliphatic rings. The van der Waals surface area contributed by atoms with Gasteiger partial charge in [0.1, 0.15) is 11.9 Å². The molecule has 2 heterocycles. The fourth-order valence-corrected chi connectivity index (χ4v) is 5.52. The maximum atomic E-state index is 12.7. The molecule has 3 atom stereocenters. The highest BCUT2D eigenvalue weighted by Crippen LogP contribution is 2.45. The van der Waals surface area contributed by atoms with Crippen LogP contribution in [0, 0.1) is 0 Å². The van der Waals surface area contributed by atoms with Crippen LogP contribution >= 0.6 is 19.6 Å². The van der Waals surface area contributed by atoms with Gasteiger partial charge in [0.15, 0.2) is 0 Å². The largest absolute Gasteiger partial charge is 0.469 e. The first-order chi connectivity index (χ1) is 17.2. The number of phosphoric acid groups is 1. The molecule has 0 saturated carbocycles. The minimum Gasteiger partial charge on any atom is -0.457 e. The van der Waals surface area contributed by atoms with E-state index >= 15 is 0 Å². The molecule has 0 unspecified atom stereocenters. The van der Waals surface area contributed by atoms with E-state index in [0.29, 0.717) is 11.1 Å². The summed E-state index contributed by atoms with van der Waals surface area (Å²) in [6, 6.07) is 18.2. The van der Waals surface area contributed by atoms with Crippen LogP contribution in [0.15, 0.2) is 77.7 Å². The standard InChI is InChI=1S/C23H22N3O8PS/c27-21(15-7-3-1-4-8-15)24-19-11-12-26(23(29)25-19)20-13-17(18(36-20)14-33-35(30,31)32)34-22(28)16-9-5-2-6-10-16/h1-12,17-18,20H,13-14H2,(H2,30,31,32)(H,24,25,27,29)/t17-,18+,20+/m0/s1. The van der Waals surface area contributed by atoms with Gasteiger partial charge in [-0.2, -0.15) is 4.98 Å². The average molecular weight is 531 g/mol. The van der Waals surface area contributed by atoms with Crippen molar-refractivity contribution in [3.8, 4) is 0 Å². The summed E-state index contributed by atoms with van der Waals surface area (Å²) >= 11 is 1.17. The first-order valence-corrected chi connectivity index (χ1v) is 13.2. The van der Waals surface area contributed by atoms with Gasteiger partial charge in [0, 0.05) is 18.2 Å². The molecule has 1 amide bonds. The Balaban J connectivity index is 1.49. The Kier molecular flexibility index (Phi) is 8.02. The van der Waals surface area contributed by atoms with Gasteiger partial charge in [-0.15, -0.1) is 11.8 Å². The third-order valence-electron chi connectivity index (χ3n) is 5.27. The third kappa shape index (κ3) is 6.68. The van der Waals surface area contributed by atoms with Crippen molar-refractivity contribution < 1.29 is 33.2 Å². The number of aromatic nitrogens is 2. The second kappa shape index (κ2) is 11.2. The molecule has 1 aromatic heterocycles. The van der Waals surface area contributed by atoms with Gasteiger partial charge in [-0.05, 0) is 30.3 Å². The first kappa shape index (κ1) is 25.8. The molecule has 1 fully saturated rings. The van der Waals surface area contributed by atoms with Crippen LogP contribution in [0.2, 0.25) is 0 Å². The van der Waals surface area contributed by atoms with E-state index in [1.807, 2.05) is 0 Å². The van der Waals surface area contributed by atoms with Crippen LogP contribution in [0.5, 0.6) is 0 Å². The van der Waals surface area contributed by atoms with Gasteiger partial charge in [-0.1, -0.05) is 36.4 Å². The van der Waals surface area contributed by atoms with Crippen LogP contribution in [0.4, 0.5) is 5.82 Å². The lowest BCUT2D eigenvalue weighted by molar-refractivity contribution is 0.0254. The number of benzene rings is 2. The molecule has 3 aromatic rings. The van der Waals surface area contributed by atoms with E-state index in [1.165, 1.54) is 28.6 Å². The van der Waals surface area contributed by atoms with E-state index < -0.39 is 48.7 Å². The summed E-state index contributed by atoms with van der Waals surface area (Å²) in [5, 5.41) is 1.36. The summed E-state index contributed by atoms with van der Waals surface area (Å²) in [5.41, 5.74) is 0.0757. The van der Waals surface area contributed by atoms with Gasteiger partial charge >= 0.3 is 19.5 Å². The highest BCUT2D eigenvalue weighted by Gasteiger charge is 2.40. The van der Waals surface area contributed by atoms with Gasteiger partial charge in [-0.3, -0.25) is 13.9 Å². The van der Waals surface area contributed by atoms with E-state index in [0.717, 1.165) is 0 Å². The van der Waals surface area contributed by atoms with Crippen LogP contribution in [-0.4, -0.2) is 49.2 Å².